The third kappa shape index (κ3) is 3.95. The SMILES string of the molecule is Cc1ccc(CN)cc1S(=O)(=O)N(CCO)CC(F)F. The van der Waals surface area contributed by atoms with Gasteiger partial charge in [0.25, 0.3) is 6.43 Å². The van der Waals surface area contributed by atoms with E-state index in [9.17, 15) is 17.2 Å². The fourth-order valence-corrected chi connectivity index (χ4v) is 3.45. The van der Waals surface area contributed by atoms with Crippen LogP contribution in [0.15, 0.2) is 23.1 Å². The number of sulfonamides is 1. The Kier molecular flexibility index (Phi) is 6.00. The molecule has 114 valence electrons. The number of nitrogens with two attached hydrogens (primary N) is 1. The van der Waals surface area contributed by atoms with Crippen molar-refractivity contribution in [3.8, 4) is 0 Å². The third-order valence-electron chi connectivity index (χ3n) is 2.80. The number of benzene rings is 1. The number of hydrogen-bond donors (Lipinski definition) is 2. The Morgan fingerprint density at radius 1 is 1.40 bits per heavy atom. The summed E-state index contributed by atoms with van der Waals surface area (Å²) in [5, 5.41) is 8.86. The van der Waals surface area contributed by atoms with E-state index in [0.29, 0.717) is 15.4 Å². The number of alkyl halides is 2. The number of rotatable bonds is 7. The van der Waals surface area contributed by atoms with Gasteiger partial charge < -0.3 is 10.8 Å². The summed E-state index contributed by atoms with van der Waals surface area (Å²) in [5.41, 5.74) is 6.50. The molecule has 0 saturated heterocycles. The maximum Gasteiger partial charge on any atom is 0.252 e. The van der Waals surface area contributed by atoms with E-state index in [4.69, 9.17) is 10.8 Å². The number of halogens is 2. The molecular weight excluding hydrogens is 290 g/mol. The van der Waals surface area contributed by atoms with Crippen molar-refractivity contribution in [2.24, 2.45) is 5.73 Å². The average molecular weight is 308 g/mol. The Morgan fingerprint density at radius 2 is 2.05 bits per heavy atom. The standard InChI is InChI=1S/C12H18F2N2O3S/c1-9-2-3-10(7-15)6-11(9)20(18,19)16(4-5-17)8-12(13)14/h2-3,6,12,17H,4-5,7-8,15H2,1H3. The highest BCUT2D eigenvalue weighted by atomic mass is 32.2. The quantitative estimate of drug-likeness (QED) is 0.777. The molecule has 8 heteroatoms. The molecule has 0 unspecified atom stereocenters. The van der Waals surface area contributed by atoms with Crippen LogP contribution >= 0.6 is 0 Å². The molecule has 1 aromatic rings. The summed E-state index contributed by atoms with van der Waals surface area (Å²) < 4.78 is 50.3. The third-order valence-corrected chi connectivity index (χ3v) is 4.80. The van der Waals surface area contributed by atoms with Crippen LogP contribution in [0.25, 0.3) is 0 Å². The Bertz CT molecular complexity index is 550. The predicted octanol–water partition coefficient (Wildman–Crippen LogP) is 0.702. The summed E-state index contributed by atoms with van der Waals surface area (Å²) >= 11 is 0. The van der Waals surface area contributed by atoms with Gasteiger partial charge >= 0.3 is 0 Å². The minimum Gasteiger partial charge on any atom is -0.395 e. The van der Waals surface area contributed by atoms with Gasteiger partial charge in [-0.3, -0.25) is 0 Å². The lowest BCUT2D eigenvalue weighted by Gasteiger charge is -2.22. The van der Waals surface area contributed by atoms with Crippen molar-refractivity contribution in [2.45, 2.75) is 24.8 Å². The summed E-state index contributed by atoms with van der Waals surface area (Å²) in [4.78, 5) is -0.0606. The second-order valence-corrected chi connectivity index (χ2v) is 6.19. The number of nitrogens with zero attached hydrogens (tertiary/aromatic N) is 1. The summed E-state index contributed by atoms with van der Waals surface area (Å²) in [6.45, 7) is -0.125. The minimum absolute atomic E-state index is 0.0606. The van der Waals surface area contributed by atoms with Crippen molar-refractivity contribution >= 4 is 10.0 Å². The normalized spacial score (nSPS) is 12.3. The molecule has 0 radical (unpaired) electrons. The van der Waals surface area contributed by atoms with E-state index < -0.39 is 29.6 Å². The maximum absolute atomic E-state index is 12.5. The molecule has 0 aliphatic carbocycles. The number of aliphatic hydroxyl groups is 1. The summed E-state index contributed by atoms with van der Waals surface area (Å²) in [7, 11) is -4.08. The van der Waals surface area contributed by atoms with Crippen LogP contribution in [0.1, 0.15) is 11.1 Å². The largest absolute Gasteiger partial charge is 0.395 e. The zero-order chi connectivity index (χ0) is 15.3. The Balaban J connectivity index is 3.24. The molecule has 0 fully saturated rings. The molecular formula is C12H18F2N2O3S. The van der Waals surface area contributed by atoms with Crippen LogP contribution < -0.4 is 5.73 Å². The van der Waals surface area contributed by atoms with Gasteiger partial charge in [0.2, 0.25) is 10.0 Å². The molecule has 3 N–H and O–H groups in total. The summed E-state index contributed by atoms with van der Waals surface area (Å²) in [6, 6.07) is 4.63. The Morgan fingerprint density at radius 3 is 2.55 bits per heavy atom. The first-order valence-electron chi connectivity index (χ1n) is 6.01. The lowest BCUT2D eigenvalue weighted by atomic mass is 10.1. The molecule has 1 rings (SSSR count). The van der Waals surface area contributed by atoms with E-state index in [2.05, 4.69) is 0 Å². The first-order chi connectivity index (χ1) is 9.32. The van der Waals surface area contributed by atoms with Crippen LogP contribution in [0.3, 0.4) is 0 Å². The van der Waals surface area contributed by atoms with Crippen molar-refractivity contribution in [3.05, 3.63) is 29.3 Å². The molecule has 0 atom stereocenters. The van der Waals surface area contributed by atoms with Gasteiger partial charge in [-0.05, 0) is 24.1 Å². The van der Waals surface area contributed by atoms with Gasteiger partial charge in [0.1, 0.15) is 0 Å². The fraction of sp³-hybridized carbons (Fsp3) is 0.500. The summed E-state index contributed by atoms with van der Waals surface area (Å²) in [6.07, 6.45) is -2.81. The van der Waals surface area contributed by atoms with Crippen molar-refractivity contribution < 1.29 is 22.3 Å². The summed E-state index contributed by atoms with van der Waals surface area (Å²) in [5.74, 6) is 0. The maximum atomic E-state index is 12.5. The van der Waals surface area contributed by atoms with Crippen LogP contribution in [-0.4, -0.2) is 44.0 Å². The second-order valence-electron chi connectivity index (χ2n) is 4.28. The zero-order valence-electron chi connectivity index (χ0n) is 11.1. The highest BCUT2D eigenvalue weighted by molar-refractivity contribution is 7.89. The van der Waals surface area contributed by atoms with E-state index in [1.165, 1.54) is 6.07 Å². The molecule has 0 aromatic heterocycles. The van der Waals surface area contributed by atoms with Crippen molar-refractivity contribution in [3.63, 3.8) is 0 Å². The van der Waals surface area contributed by atoms with Crippen molar-refractivity contribution in [1.29, 1.82) is 0 Å². The van der Waals surface area contributed by atoms with E-state index in [-0.39, 0.29) is 18.0 Å². The first-order valence-corrected chi connectivity index (χ1v) is 7.45. The molecule has 1 aromatic carbocycles. The van der Waals surface area contributed by atoms with Gasteiger partial charge in [0.15, 0.2) is 0 Å². The number of aryl methyl sites for hydroxylation is 1. The van der Waals surface area contributed by atoms with E-state index in [1.54, 1.807) is 19.1 Å². The molecule has 0 bridgehead atoms. The topological polar surface area (TPSA) is 83.6 Å². The number of hydrogen-bond acceptors (Lipinski definition) is 4. The van der Waals surface area contributed by atoms with Crippen LogP contribution in [-0.2, 0) is 16.6 Å². The second kappa shape index (κ2) is 7.07. The van der Waals surface area contributed by atoms with Gasteiger partial charge in [-0.25, -0.2) is 17.2 Å². The van der Waals surface area contributed by atoms with Gasteiger partial charge in [-0.2, -0.15) is 4.31 Å². The Hall–Kier alpha value is -1.09. The zero-order valence-corrected chi connectivity index (χ0v) is 11.9. The van der Waals surface area contributed by atoms with Crippen molar-refractivity contribution in [1.82, 2.24) is 4.31 Å². The smallest absolute Gasteiger partial charge is 0.252 e. The Labute approximate surface area is 117 Å². The average Bonchev–Trinajstić information content (AvgIpc) is 2.38. The molecule has 0 heterocycles. The predicted molar refractivity (Wildman–Crippen MR) is 70.9 cm³/mol. The van der Waals surface area contributed by atoms with E-state index in [0.717, 1.165) is 0 Å². The molecule has 0 saturated carbocycles. The van der Waals surface area contributed by atoms with Gasteiger partial charge in [0.05, 0.1) is 18.0 Å². The van der Waals surface area contributed by atoms with Crippen LogP contribution in [0.5, 0.6) is 0 Å². The molecule has 20 heavy (non-hydrogen) atoms. The lowest BCUT2D eigenvalue weighted by Crippen LogP contribution is -2.37. The molecule has 5 nitrogen and oxygen atoms in total. The van der Waals surface area contributed by atoms with Gasteiger partial charge in [0, 0.05) is 13.1 Å². The van der Waals surface area contributed by atoms with Gasteiger partial charge in [-0.15, -0.1) is 0 Å². The minimum atomic E-state index is -4.08. The van der Waals surface area contributed by atoms with Crippen LogP contribution in [0.4, 0.5) is 8.78 Å². The monoisotopic (exact) mass is 308 g/mol. The molecule has 0 aliphatic rings. The van der Waals surface area contributed by atoms with Crippen LogP contribution in [0, 0.1) is 6.92 Å². The van der Waals surface area contributed by atoms with Crippen LogP contribution in [0.2, 0.25) is 0 Å². The molecule has 0 aliphatic heterocycles. The highest BCUT2D eigenvalue weighted by Gasteiger charge is 2.28. The van der Waals surface area contributed by atoms with Gasteiger partial charge in [-0.1, -0.05) is 12.1 Å². The first kappa shape index (κ1) is 17.0. The van der Waals surface area contributed by atoms with E-state index in [1.807, 2.05) is 0 Å². The molecule has 0 spiro atoms. The molecule has 0 amide bonds. The number of aliphatic hydroxyl groups excluding tert-OH is 1. The van der Waals surface area contributed by atoms with Crippen molar-refractivity contribution in [2.75, 3.05) is 19.7 Å². The fourth-order valence-electron chi connectivity index (χ4n) is 1.76. The highest BCUT2D eigenvalue weighted by Crippen LogP contribution is 2.22. The van der Waals surface area contributed by atoms with E-state index >= 15 is 0 Å². The lowest BCUT2D eigenvalue weighted by molar-refractivity contribution is 0.113.